The van der Waals surface area contributed by atoms with Gasteiger partial charge in [-0.1, -0.05) is 18.9 Å². The van der Waals surface area contributed by atoms with Gasteiger partial charge in [-0.3, -0.25) is 0 Å². The zero-order valence-electron chi connectivity index (χ0n) is 11.9. The standard InChI is InChI=1S/C17H24N2/c1-19-9-8-17-7-3-2-4-14(17)16(19)10-12-5-6-13(18)11-15(12)17/h5-6,11,14,16H,2-4,7-10,18H2,1H3/t14-,16+,17+/m1/s1. The van der Waals surface area contributed by atoms with Crippen molar-refractivity contribution in [2.75, 3.05) is 19.3 Å². The van der Waals surface area contributed by atoms with E-state index >= 15 is 0 Å². The van der Waals surface area contributed by atoms with Crippen LogP contribution in [0.1, 0.15) is 43.2 Å². The van der Waals surface area contributed by atoms with Crippen LogP contribution < -0.4 is 5.73 Å². The molecule has 0 radical (unpaired) electrons. The Morgan fingerprint density at radius 1 is 1.26 bits per heavy atom. The normalized spacial score (nSPS) is 37.5. The van der Waals surface area contributed by atoms with Crippen LogP contribution in [0, 0.1) is 5.92 Å². The van der Waals surface area contributed by atoms with Gasteiger partial charge >= 0.3 is 0 Å². The SMILES string of the molecule is CN1CC[C@@]23CCCC[C@@H]2[C@@H]1Cc1ccc(N)cc13. The minimum absolute atomic E-state index is 0.457. The number of nitrogens with zero attached hydrogens (tertiary/aromatic N) is 1. The molecule has 2 nitrogen and oxygen atoms in total. The van der Waals surface area contributed by atoms with Crippen molar-refractivity contribution in [3.63, 3.8) is 0 Å². The van der Waals surface area contributed by atoms with E-state index in [1.54, 1.807) is 11.1 Å². The molecule has 2 heteroatoms. The Balaban J connectivity index is 1.90. The van der Waals surface area contributed by atoms with E-state index in [-0.39, 0.29) is 0 Å². The Kier molecular flexibility index (Phi) is 2.47. The molecule has 3 atom stereocenters. The van der Waals surface area contributed by atoms with E-state index in [1.165, 1.54) is 45.1 Å². The number of fused-ring (bicyclic) bond motifs is 1. The molecule has 1 aromatic rings. The van der Waals surface area contributed by atoms with E-state index in [9.17, 15) is 0 Å². The van der Waals surface area contributed by atoms with Crippen molar-refractivity contribution in [3.05, 3.63) is 29.3 Å². The fourth-order valence-electron chi connectivity index (χ4n) is 5.21. The molecule has 2 aliphatic carbocycles. The molecule has 2 N–H and O–H groups in total. The molecule has 2 bridgehead atoms. The summed E-state index contributed by atoms with van der Waals surface area (Å²) in [4.78, 5) is 2.62. The molecule has 4 rings (SSSR count). The summed E-state index contributed by atoms with van der Waals surface area (Å²) >= 11 is 0. The summed E-state index contributed by atoms with van der Waals surface area (Å²) in [5.41, 5.74) is 10.7. The largest absolute Gasteiger partial charge is 0.399 e. The van der Waals surface area contributed by atoms with Gasteiger partial charge in [-0.25, -0.2) is 0 Å². The van der Waals surface area contributed by atoms with Crippen molar-refractivity contribution >= 4 is 5.69 Å². The first-order valence-corrected chi connectivity index (χ1v) is 7.80. The first-order chi connectivity index (χ1) is 9.21. The summed E-state index contributed by atoms with van der Waals surface area (Å²) in [5, 5.41) is 0. The van der Waals surface area contributed by atoms with Crippen LogP contribution in [0.4, 0.5) is 5.69 Å². The lowest BCUT2D eigenvalue weighted by molar-refractivity contribution is 0.00291. The van der Waals surface area contributed by atoms with Crippen molar-refractivity contribution < 1.29 is 0 Å². The van der Waals surface area contributed by atoms with Gasteiger partial charge in [-0.2, -0.15) is 0 Å². The third kappa shape index (κ3) is 1.53. The topological polar surface area (TPSA) is 29.3 Å². The van der Waals surface area contributed by atoms with Gasteiger partial charge in [-0.15, -0.1) is 0 Å². The number of benzene rings is 1. The van der Waals surface area contributed by atoms with E-state index in [1.807, 2.05) is 0 Å². The lowest BCUT2D eigenvalue weighted by atomic mass is 9.52. The van der Waals surface area contributed by atoms with Crippen LogP contribution in [-0.2, 0) is 11.8 Å². The lowest BCUT2D eigenvalue weighted by Crippen LogP contribution is -2.59. The summed E-state index contributed by atoms with van der Waals surface area (Å²) in [5.74, 6) is 0.870. The summed E-state index contributed by atoms with van der Waals surface area (Å²) in [7, 11) is 2.32. The number of nitrogens with two attached hydrogens (primary N) is 1. The van der Waals surface area contributed by atoms with Gasteiger partial charge in [0.1, 0.15) is 0 Å². The number of piperidine rings is 1. The van der Waals surface area contributed by atoms with E-state index in [0.29, 0.717) is 5.41 Å². The second kappa shape index (κ2) is 3.99. The maximum absolute atomic E-state index is 6.09. The first-order valence-electron chi connectivity index (χ1n) is 7.80. The molecule has 0 aromatic heterocycles. The molecule has 0 unspecified atom stereocenters. The highest BCUT2D eigenvalue weighted by Crippen LogP contribution is 2.55. The van der Waals surface area contributed by atoms with Crippen molar-refractivity contribution in [1.82, 2.24) is 4.90 Å². The predicted molar refractivity (Wildman–Crippen MR) is 79.2 cm³/mol. The Morgan fingerprint density at radius 3 is 3.05 bits per heavy atom. The Hall–Kier alpha value is -1.02. The molecule has 0 amide bonds. The van der Waals surface area contributed by atoms with E-state index in [4.69, 9.17) is 5.73 Å². The molecular weight excluding hydrogens is 232 g/mol. The fraction of sp³-hybridized carbons (Fsp3) is 0.647. The highest BCUT2D eigenvalue weighted by molar-refractivity contribution is 5.51. The Bertz CT molecular complexity index is 510. The lowest BCUT2D eigenvalue weighted by Gasteiger charge is -2.58. The summed E-state index contributed by atoms with van der Waals surface area (Å²) in [6.07, 6.45) is 8.21. The molecule has 2 fully saturated rings. The van der Waals surface area contributed by atoms with Crippen LogP contribution in [0.25, 0.3) is 0 Å². The van der Waals surface area contributed by atoms with Crippen LogP contribution >= 0.6 is 0 Å². The molecule has 102 valence electrons. The summed E-state index contributed by atoms with van der Waals surface area (Å²) < 4.78 is 0. The second-order valence-electron chi connectivity index (χ2n) is 6.93. The molecular formula is C17H24N2. The number of hydrogen-bond acceptors (Lipinski definition) is 2. The molecule has 3 aliphatic rings. The monoisotopic (exact) mass is 256 g/mol. The van der Waals surface area contributed by atoms with Crippen molar-refractivity contribution in [3.8, 4) is 0 Å². The zero-order valence-corrected chi connectivity index (χ0v) is 11.9. The van der Waals surface area contributed by atoms with E-state index < -0.39 is 0 Å². The number of rotatable bonds is 0. The van der Waals surface area contributed by atoms with Crippen molar-refractivity contribution in [1.29, 1.82) is 0 Å². The summed E-state index contributed by atoms with van der Waals surface area (Å²) in [6, 6.07) is 7.46. The number of nitrogen functional groups attached to an aromatic ring is 1. The van der Waals surface area contributed by atoms with Crippen molar-refractivity contribution in [2.45, 2.75) is 50.0 Å². The van der Waals surface area contributed by atoms with Gasteiger partial charge in [0, 0.05) is 17.1 Å². The number of likely N-dealkylation sites (tertiary alicyclic amines) is 1. The second-order valence-corrected chi connectivity index (χ2v) is 6.93. The average molecular weight is 256 g/mol. The Labute approximate surface area is 116 Å². The third-order valence-electron chi connectivity index (χ3n) is 6.14. The minimum Gasteiger partial charge on any atom is -0.399 e. The zero-order chi connectivity index (χ0) is 13.0. The number of anilines is 1. The third-order valence-corrected chi connectivity index (χ3v) is 6.14. The van der Waals surface area contributed by atoms with Crippen molar-refractivity contribution in [2.24, 2.45) is 5.92 Å². The molecule has 1 heterocycles. The minimum atomic E-state index is 0.457. The van der Waals surface area contributed by atoms with Gasteiger partial charge in [0.2, 0.25) is 0 Å². The van der Waals surface area contributed by atoms with Crippen LogP contribution in [0.5, 0.6) is 0 Å². The molecule has 1 saturated carbocycles. The molecule has 1 aliphatic heterocycles. The first kappa shape index (κ1) is 11.8. The fourth-order valence-corrected chi connectivity index (χ4v) is 5.21. The highest BCUT2D eigenvalue weighted by Gasteiger charge is 2.52. The Morgan fingerprint density at radius 2 is 2.16 bits per heavy atom. The van der Waals surface area contributed by atoms with Gasteiger partial charge in [0.25, 0.3) is 0 Å². The quantitative estimate of drug-likeness (QED) is 0.723. The van der Waals surface area contributed by atoms with E-state index in [0.717, 1.165) is 17.6 Å². The number of hydrogen-bond donors (Lipinski definition) is 1. The van der Waals surface area contributed by atoms with Gasteiger partial charge in [-0.05, 0) is 68.5 Å². The molecule has 1 saturated heterocycles. The van der Waals surface area contributed by atoms with Crippen LogP contribution in [0.2, 0.25) is 0 Å². The van der Waals surface area contributed by atoms with E-state index in [2.05, 4.69) is 30.1 Å². The van der Waals surface area contributed by atoms with Gasteiger partial charge in [0.05, 0.1) is 0 Å². The van der Waals surface area contributed by atoms with Crippen LogP contribution in [-0.4, -0.2) is 24.5 Å². The van der Waals surface area contributed by atoms with Crippen LogP contribution in [0.3, 0.4) is 0 Å². The smallest absolute Gasteiger partial charge is 0.0317 e. The molecule has 0 spiro atoms. The maximum atomic E-state index is 6.09. The number of likely N-dealkylation sites (N-methyl/N-ethyl adjacent to an activating group) is 1. The summed E-state index contributed by atoms with van der Waals surface area (Å²) in [6.45, 7) is 1.26. The molecule has 19 heavy (non-hydrogen) atoms. The predicted octanol–water partition coefficient (Wildman–Crippen LogP) is 2.96. The average Bonchev–Trinajstić information content (AvgIpc) is 2.43. The highest BCUT2D eigenvalue weighted by atomic mass is 15.1. The van der Waals surface area contributed by atoms with Gasteiger partial charge in [0.15, 0.2) is 0 Å². The maximum Gasteiger partial charge on any atom is 0.0317 e. The molecule has 1 aromatic carbocycles. The van der Waals surface area contributed by atoms with Crippen LogP contribution in [0.15, 0.2) is 18.2 Å². The van der Waals surface area contributed by atoms with Gasteiger partial charge < -0.3 is 10.6 Å².